The predicted molar refractivity (Wildman–Crippen MR) is 117 cm³/mol. The van der Waals surface area contributed by atoms with Crippen LogP contribution in [0.4, 0.5) is 4.39 Å². The normalized spacial score (nSPS) is 14.3. The van der Waals surface area contributed by atoms with E-state index in [2.05, 4.69) is 16.0 Å². The molecule has 2 aromatic rings. The van der Waals surface area contributed by atoms with Crippen LogP contribution >= 0.6 is 0 Å². The number of halogens is 1. The molecule has 1 saturated heterocycles. The second-order valence-electron chi connectivity index (χ2n) is 7.87. The highest BCUT2D eigenvalue weighted by Gasteiger charge is 2.17. The van der Waals surface area contributed by atoms with Gasteiger partial charge in [0.05, 0.1) is 12.1 Å². The molecule has 0 bridgehead atoms. The second-order valence-corrected chi connectivity index (χ2v) is 7.87. The first-order valence-corrected chi connectivity index (χ1v) is 10.7. The minimum absolute atomic E-state index is 0.105. The summed E-state index contributed by atoms with van der Waals surface area (Å²) in [5.74, 6) is -0.572. The highest BCUT2D eigenvalue weighted by atomic mass is 19.1. The van der Waals surface area contributed by atoms with Gasteiger partial charge in [0.15, 0.2) is 0 Å². The molecule has 3 N–H and O–H groups in total. The van der Waals surface area contributed by atoms with E-state index in [9.17, 15) is 18.8 Å². The first kappa shape index (κ1) is 22.7. The van der Waals surface area contributed by atoms with Crippen LogP contribution in [0.5, 0.6) is 0 Å². The van der Waals surface area contributed by atoms with Gasteiger partial charge in [-0.15, -0.1) is 0 Å². The van der Waals surface area contributed by atoms with Crippen LogP contribution in [-0.4, -0.2) is 43.1 Å². The molecule has 166 valence electrons. The first-order chi connectivity index (χ1) is 15.0. The second kappa shape index (κ2) is 10.9. The van der Waals surface area contributed by atoms with Gasteiger partial charge >= 0.3 is 0 Å². The minimum atomic E-state index is -0.557. The molecular formula is C23H29FN4O3. The molecule has 1 aliphatic heterocycles. The van der Waals surface area contributed by atoms with E-state index in [1.54, 1.807) is 12.1 Å². The average Bonchev–Trinajstić information content (AvgIpc) is 2.79. The summed E-state index contributed by atoms with van der Waals surface area (Å²) < 4.78 is 14.5. The van der Waals surface area contributed by atoms with Crippen LogP contribution in [0, 0.1) is 11.7 Å². The number of rotatable bonds is 8. The molecule has 0 spiro atoms. The van der Waals surface area contributed by atoms with Crippen LogP contribution in [0.2, 0.25) is 0 Å². The largest absolute Gasteiger partial charge is 0.355 e. The summed E-state index contributed by atoms with van der Waals surface area (Å²) in [6, 6.07) is 7.06. The van der Waals surface area contributed by atoms with Crippen LogP contribution in [0.3, 0.4) is 0 Å². The highest BCUT2D eigenvalue weighted by Crippen LogP contribution is 2.17. The lowest BCUT2D eigenvalue weighted by Gasteiger charge is -2.22. The Labute approximate surface area is 181 Å². The number of amides is 2. The molecule has 1 aromatic heterocycles. The van der Waals surface area contributed by atoms with Crippen molar-refractivity contribution in [1.82, 2.24) is 20.5 Å². The third-order valence-corrected chi connectivity index (χ3v) is 5.62. The van der Waals surface area contributed by atoms with Crippen molar-refractivity contribution in [1.29, 1.82) is 0 Å². The van der Waals surface area contributed by atoms with Gasteiger partial charge < -0.3 is 20.5 Å². The summed E-state index contributed by atoms with van der Waals surface area (Å²) in [4.78, 5) is 37.6. The van der Waals surface area contributed by atoms with E-state index in [1.807, 2.05) is 0 Å². The van der Waals surface area contributed by atoms with Gasteiger partial charge in [-0.2, -0.15) is 0 Å². The highest BCUT2D eigenvalue weighted by molar-refractivity contribution is 5.99. The molecule has 3 rings (SSSR count). The number of pyridine rings is 1. The molecule has 0 unspecified atom stereocenters. The summed E-state index contributed by atoms with van der Waals surface area (Å²) in [6.07, 6.45) is 5.72. The number of carbonyl (C=O) groups excluding carboxylic acids is 2. The molecule has 2 amide bonds. The minimum Gasteiger partial charge on any atom is -0.355 e. The SMILES string of the molecule is CNC(=O)c1cc(C(=O)NCCCC2CCNCC2)cn(Cc2ccc(F)cc2)c1=O. The van der Waals surface area contributed by atoms with Crippen molar-refractivity contribution in [3.63, 3.8) is 0 Å². The Morgan fingerprint density at radius 2 is 1.87 bits per heavy atom. The lowest BCUT2D eigenvalue weighted by molar-refractivity contribution is 0.0951. The fourth-order valence-electron chi connectivity index (χ4n) is 3.83. The fourth-order valence-corrected chi connectivity index (χ4v) is 3.83. The van der Waals surface area contributed by atoms with Crippen molar-refractivity contribution >= 4 is 11.8 Å². The summed E-state index contributed by atoms with van der Waals surface area (Å²) >= 11 is 0. The van der Waals surface area contributed by atoms with Gasteiger partial charge in [0.2, 0.25) is 0 Å². The number of nitrogens with one attached hydrogen (secondary N) is 3. The van der Waals surface area contributed by atoms with Gasteiger partial charge in [0.1, 0.15) is 11.4 Å². The Hall–Kier alpha value is -3.00. The van der Waals surface area contributed by atoms with Crippen molar-refractivity contribution < 1.29 is 14.0 Å². The number of benzene rings is 1. The molecule has 0 aliphatic carbocycles. The summed E-state index contributed by atoms with van der Waals surface area (Å²) in [5.41, 5.74) is 0.311. The van der Waals surface area contributed by atoms with E-state index in [-0.39, 0.29) is 29.4 Å². The van der Waals surface area contributed by atoms with Gasteiger partial charge in [-0.3, -0.25) is 14.4 Å². The van der Waals surface area contributed by atoms with Gasteiger partial charge in [-0.25, -0.2) is 4.39 Å². The molecule has 31 heavy (non-hydrogen) atoms. The van der Waals surface area contributed by atoms with Crippen molar-refractivity contribution in [3.05, 3.63) is 69.4 Å². The molecule has 0 atom stereocenters. The molecule has 1 aromatic carbocycles. The van der Waals surface area contributed by atoms with Crippen LogP contribution in [0.25, 0.3) is 0 Å². The van der Waals surface area contributed by atoms with E-state index in [0.29, 0.717) is 18.0 Å². The van der Waals surface area contributed by atoms with Gasteiger partial charge in [-0.05, 0) is 68.5 Å². The topological polar surface area (TPSA) is 92.2 Å². The summed E-state index contributed by atoms with van der Waals surface area (Å²) in [5, 5.41) is 8.67. The standard InChI is InChI=1S/C23H29FN4O3/c1-25-22(30)20-13-18(21(29)27-10-2-3-16-8-11-26-12-9-16)15-28(23(20)31)14-17-4-6-19(24)7-5-17/h4-7,13,15-16,26H,2-3,8-12,14H2,1H3,(H,25,30)(H,27,29). The van der Waals surface area contributed by atoms with Crippen molar-refractivity contribution in [2.45, 2.75) is 32.2 Å². The lowest BCUT2D eigenvalue weighted by Crippen LogP contribution is -2.34. The molecule has 0 saturated carbocycles. The van der Waals surface area contributed by atoms with Crippen LogP contribution in [-0.2, 0) is 6.54 Å². The zero-order valence-electron chi connectivity index (χ0n) is 17.7. The van der Waals surface area contributed by atoms with Crippen LogP contribution < -0.4 is 21.5 Å². The number of hydrogen-bond donors (Lipinski definition) is 3. The third kappa shape index (κ3) is 6.24. The van der Waals surface area contributed by atoms with Crippen molar-refractivity contribution in [2.75, 3.05) is 26.7 Å². The van der Waals surface area contributed by atoms with Gasteiger partial charge in [0.25, 0.3) is 17.4 Å². The quantitative estimate of drug-likeness (QED) is 0.560. The van der Waals surface area contributed by atoms with E-state index < -0.39 is 11.5 Å². The Balaban J connectivity index is 1.71. The molecule has 7 nitrogen and oxygen atoms in total. The maximum absolute atomic E-state index is 13.2. The monoisotopic (exact) mass is 428 g/mol. The maximum atomic E-state index is 13.2. The smallest absolute Gasteiger partial charge is 0.263 e. The Morgan fingerprint density at radius 1 is 1.16 bits per heavy atom. The Bertz CT molecular complexity index is 966. The maximum Gasteiger partial charge on any atom is 0.263 e. The van der Waals surface area contributed by atoms with E-state index in [0.717, 1.165) is 38.8 Å². The molecular weight excluding hydrogens is 399 g/mol. The molecule has 8 heteroatoms. The fraction of sp³-hybridized carbons (Fsp3) is 0.435. The number of hydrogen-bond acceptors (Lipinski definition) is 4. The average molecular weight is 429 g/mol. The molecule has 0 radical (unpaired) electrons. The predicted octanol–water partition coefficient (Wildman–Crippen LogP) is 1.90. The molecule has 1 aliphatic rings. The number of piperidine rings is 1. The number of aromatic nitrogens is 1. The Kier molecular flexibility index (Phi) is 7.94. The van der Waals surface area contributed by atoms with Crippen LogP contribution in [0.15, 0.2) is 41.3 Å². The zero-order chi connectivity index (χ0) is 22.2. The molecule has 2 heterocycles. The summed E-state index contributed by atoms with van der Waals surface area (Å²) in [6.45, 7) is 2.76. The van der Waals surface area contributed by atoms with Gasteiger partial charge in [-0.1, -0.05) is 12.1 Å². The molecule has 1 fully saturated rings. The van der Waals surface area contributed by atoms with Crippen LogP contribution in [0.1, 0.15) is 52.0 Å². The summed E-state index contributed by atoms with van der Waals surface area (Å²) in [7, 11) is 1.43. The number of carbonyl (C=O) groups is 2. The van der Waals surface area contributed by atoms with E-state index in [1.165, 1.54) is 36.0 Å². The van der Waals surface area contributed by atoms with Gasteiger partial charge in [0, 0.05) is 19.8 Å². The zero-order valence-corrected chi connectivity index (χ0v) is 17.7. The van der Waals surface area contributed by atoms with Crippen molar-refractivity contribution in [2.24, 2.45) is 5.92 Å². The van der Waals surface area contributed by atoms with E-state index >= 15 is 0 Å². The first-order valence-electron chi connectivity index (χ1n) is 10.7. The third-order valence-electron chi connectivity index (χ3n) is 5.62. The van der Waals surface area contributed by atoms with E-state index in [4.69, 9.17) is 0 Å². The van der Waals surface area contributed by atoms with Crippen molar-refractivity contribution in [3.8, 4) is 0 Å². The lowest BCUT2D eigenvalue weighted by atomic mass is 9.93. The number of nitrogens with zero attached hydrogens (tertiary/aromatic N) is 1. The Morgan fingerprint density at radius 3 is 2.55 bits per heavy atom.